The molecule has 0 radical (unpaired) electrons. The van der Waals surface area contributed by atoms with Gasteiger partial charge in [-0.05, 0) is 60.5 Å². The Hall–Kier alpha value is -4.76. The third kappa shape index (κ3) is 4.46. The highest BCUT2D eigenvalue weighted by atomic mass is 19.1. The Morgan fingerprint density at radius 3 is 2.56 bits per heavy atom. The number of morpholine rings is 1. The van der Waals surface area contributed by atoms with Gasteiger partial charge in [0.15, 0.2) is 5.69 Å². The van der Waals surface area contributed by atoms with Crippen LogP contribution in [-0.2, 0) is 4.74 Å². The minimum absolute atomic E-state index is 0.163. The lowest BCUT2D eigenvalue weighted by Crippen LogP contribution is -2.36. The Kier molecular flexibility index (Phi) is 6.20. The number of hydrogen-bond acceptors (Lipinski definition) is 5. The normalized spacial score (nSPS) is 13.6. The average molecular weight is 524 g/mol. The number of benzene rings is 3. The molecule has 0 unspecified atom stereocenters. The summed E-state index contributed by atoms with van der Waals surface area (Å²) in [7, 11) is 0. The molecule has 0 aliphatic carbocycles. The van der Waals surface area contributed by atoms with E-state index in [0.717, 1.165) is 51.8 Å². The van der Waals surface area contributed by atoms with Gasteiger partial charge in [0.2, 0.25) is 0 Å². The first-order valence-electron chi connectivity index (χ1n) is 12.6. The summed E-state index contributed by atoms with van der Waals surface area (Å²) in [5, 5.41) is 4.69. The predicted octanol–water partition coefficient (Wildman–Crippen LogP) is 5.02. The summed E-state index contributed by atoms with van der Waals surface area (Å²) in [5.41, 5.74) is 11.8. The van der Waals surface area contributed by atoms with Gasteiger partial charge in [0, 0.05) is 58.1 Å². The first kappa shape index (κ1) is 24.6. The van der Waals surface area contributed by atoms with Crippen molar-refractivity contribution in [2.24, 2.45) is 5.73 Å². The number of pyridine rings is 1. The Bertz CT molecular complexity index is 1740. The van der Waals surface area contributed by atoms with Gasteiger partial charge < -0.3 is 25.7 Å². The van der Waals surface area contributed by atoms with E-state index in [9.17, 15) is 14.0 Å². The second-order valence-corrected chi connectivity index (χ2v) is 9.53. The van der Waals surface area contributed by atoms with E-state index in [1.165, 1.54) is 24.3 Å². The number of carbonyl (C=O) groups excluding carboxylic acids is 2. The third-order valence-corrected chi connectivity index (χ3v) is 7.20. The summed E-state index contributed by atoms with van der Waals surface area (Å²) in [6.07, 6.45) is 1.65. The molecule has 1 aliphatic rings. The van der Waals surface area contributed by atoms with Crippen LogP contribution < -0.4 is 16.0 Å². The molecule has 3 heterocycles. The lowest BCUT2D eigenvalue weighted by Gasteiger charge is -2.28. The molecule has 1 aliphatic heterocycles. The number of ether oxygens (including phenoxy) is 1. The zero-order valence-electron chi connectivity index (χ0n) is 21.3. The summed E-state index contributed by atoms with van der Waals surface area (Å²) >= 11 is 0. The maximum Gasteiger partial charge on any atom is 0.269 e. The molecule has 0 spiro atoms. The quantitative estimate of drug-likeness (QED) is 0.299. The Morgan fingerprint density at radius 2 is 1.82 bits per heavy atom. The highest BCUT2D eigenvalue weighted by Crippen LogP contribution is 2.39. The number of aromatic amines is 1. The molecule has 0 atom stereocenters. The van der Waals surface area contributed by atoms with E-state index in [2.05, 4.69) is 32.3 Å². The van der Waals surface area contributed by atoms with Crippen molar-refractivity contribution < 1.29 is 18.7 Å². The smallest absolute Gasteiger partial charge is 0.269 e. The van der Waals surface area contributed by atoms with Crippen LogP contribution in [0.25, 0.3) is 32.9 Å². The largest absolute Gasteiger partial charge is 0.378 e. The van der Waals surface area contributed by atoms with Crippen molar-refractivity contribution in [2.75, 3.05) is 36.5 Å². The molecule has 3 aromatic carbocycles. The number of nitrogens with one attached hydrogen (secondary N) is 2. The number of fused-ring (bicyclic) bond motifs is 3. The van der Waals surface area contributed by atoms with E-state index in [0.29, 0.717) is 30.0 Å². The molecular formula is C30H26FN5O3. The van der Waals surface area contributed by atoms with Crippen LogP contribution in [0.15, 0.2) is 66.9 Å². The molecule has 2 amide bonds. The summed E-state index contributed by atoms with van der Waals surface area (Å²) in [4.78, 5) is 35.2. The molecule has 1 saturated heterocycles. The minimum Gasteiger partial charge on any atom is -0.378 e. The number of aromatic nitrogens is 2. The first-order valence-corrected chi connectivity index (χ1v) is 12.6. The van der Waals surface area contributed by atoms with Crippen LogP contribution in [0.4, 0.5) is 15.8 Å². The van der Waals surface area contributed by atoms with Crippen LogP contribution >= 0.6 is 0 Å². The van der Waals surface area contributed by atoms with E-state index in [1.807, 2.05) is 31.2 Å². The van der Waals surface area contributed by atoms with Crippen LogP contribution in [0.1, 0.15) is 26.4 Å². The maximum absolute atomic E-state index is 13.3. The molecule has 196 valence electrons. The van der Waals surface area contributed by atoms with Gasteiger partial charge in [0.25, 0.3) is 11.8 Å². The monoisotopic (exact) mass is 523 g/mol. The van der Waals surface area contributed by atoms with E-state index >= 15 is 0 Å². The Labute approximate surface area is 223 Å². The van der Waals surface area contributed by atoms with Crippen molar-refractivity contribution in [3.8, 4) is 11.1 Å². The lowest BCUT2D eigenvalue weighted by molar-refractivity contribution is 0.0994. The van der Waals surface area contributed by atoms with Crippen molar-refractivity contribution >= 4 is 45.0 Å². The van der Waals surface area contributed by atoms with Gasteiger partial charge >= 0.3 is 0 Å². The molecule has 2 aromatic heterocycles. The van der Waals surface area contributed by atoms with Gasteiger partial charge in [-0.1, -0.05) is 18.2 Å². The number of carbonyl (C=O) groups is 2. The standard InChI is InChI=1S/C30H26FN5O3/c1-17-21(3-2-4-24(17)35-30(38)18-5-7-19(31)8-6-18)23-16-33-28(29(32)37)27-26(23)22-10-9-20(15-25(22)34-27)36-11-13-39-14-12-36/h2-10,15-16,34H,11-14H2,1H3,(H2,32,37)(H,35,38). The van der Waals surface area contributed by atoms with Crippen LogP contribution in [0, 0.1) is 12.7 Å². The van der Waals surface area contributed by atoms with E-state index in [1.54, 1.807) is 6.20 Å². The van der Waals surface area contributed by atoms with Crippen LogP contribution in [0.3, 0.4) is 0 Å². The third-order valence-electron chi connectivity index (χ3n) is 7.20. The maximum atomic E-state index is 13.3. The Morgan fingerprint density at radius 1 is 1.05 bits per heavy atom. The van der Waals surface area contributed by atoms with Crippen molar-refractivity contribution in [3.63, 3.8) is 0 Å². The van der Waals surface area contributed by atoms with Crippen molar-refractivity contribution in [2.45, 2.75) is 6.92 Å². The second kappa shape index (κ2) is 9.85. The summed E-state index contributed by atoms with van der Waals surface area (Å²) in [6, 6.07) is 17.2. The second-order valence-electron chi connectivity index (χ2n) is 9.53. The fourth-order valence-electron chi connectivity index (χ4n) is 5.17. The number of rotatable bonds is 5. The number of nitrogens with zero attached hydrogens (tertiary/aromatic N) is 2. The van der Waals surface area contributed by atoms with Gasteiger partial charge in [-0.15, -0.1) is 0 Å². The lowest BCUT2D eigenvalue weighted by atomic mass is 9.95. The molecule has 8 nitrogen and oxygen atoms in total. The van der Waals surface area contributed by atoms with E-state index in [4.69, 9.17) is 10.5 Å². The van der Waals surface area contributed by atoms with Gasteiger partial charge in [-0.2, -0.15) is 0 Å². The molecule has 5 aromatic rings. The molecule has 39 heavy (non-hydrogen) atoms. The molecular weight excluding hydrogens is 497 g/mol. The molecule has 0 bridgehead atoms. The van der Waals surface area contributed by atoms with Gasteiger partial charge in [0.1, 0.15) is 5.82 Å². The summed E-state index contributed by atoms with van der Waals surface area (Å²) < 4.78 is 18.8. The highest BCUT2D eigenvalue weighted by molar-refractivity contribution is 6.19. The fraction of sp³-hybridized carbons (Fsp3) is 0.167. The van der Waals surface area contributed by atoms with Crippen molar-refractivity contribution in [1.82, 2.24) is 9.97 Å². The fourth-order valence-corrected chi connectivity index (χ4v) is 5.17. The number of H-pyrrole nitrogens is 1. The Balaban J connectivity index is 1.46. The van der Waals surface area contributed by atoms with Crippen LogP contribution in [-0.4, -0.2) is 48.1 Å². The predicted molar refractivity (Wildman–Crippen MR) is 150 cm³/mol. The van der Waals surface area contributed by atoms with Gasteiger partial charge in [-0.3, -0.25) is 9.59 Å². The SMILES string of the molecule is Cc1c(NC(=O)c2ccc(F)cc2)cccc1-c1cnc(C(N)=O)c2[nH]c3cc(N4CCOCC4)ccc3c12. The summed E-state index contributed by atoms with van der Waals surface area (Å²) in [6.45, 7) is 4.88. The average Bonchev–Trinajstić information content (AvgIpc) is 3.33. The topological polar surface area (TPSA) is 113 Å². The molecule has 1 fully saturated rings. The molecule has 4 N–H and O–H groups in total. The molecule has 6 rings (SSSR count). The van der Waals surface area contributed by atoms with E-state index < -0.39 is 11.7 Å². The number of hydrogen-bond donors (Lipinski definition) is 3. The first-order chi connectivity index (χ1) is 18.9. The zero-order chi connectivity index (χ0) is 27.1. The molecule has 9 heteroatoms. The van der Waals surface area contributed by atoms with Gasteiger partial charge in [-0.25, -0.2) is 9.37 Å². The van der Waals surface area contributed by atoms with Crippen molar-refractivity contribution in [3.05, 3.63) is 89.5 Å². The zero-order valence-corrected chi connectivity index (χ0v) is 21.3. The summed E-state index contributed by atoms with van der Waals surface area (Å²) in [5.74, 6) is -1.37. The van der Waals surface area contributed by atoms with Crippen LogP contribution in [0.2, 0.25) is 0 Å². The number of anilines is 2. The number of halogens is 1. The number of nitrogens with two attached hydrogens (primary N) is 1. The number of amides is 2. The molecule has 0 saturated carbocycles. The van der Waals surface area contributed by atoms with E-state index in [-0.39, 0.29) is 11.6 Å². The number of primary amides is 1. The minimum atomic E-state index is -0.622. The highest BCUT2D eigenvalue weighted by Gasteiger charge is 2.21. The van der Waals surface area contributed by atoms with Gasteiger partial charge in [0.05, 0.1) is 18.7 Å². The van der Waals surface area contributed by atoms with Crippen LogP contribution in [0.5, 0.6) is 0 Å². The van der Waals surface area contributed by atoms with Crippen molar-refractivity contribution in [1.29, 1.82) is 0 Å².